The monoisotopic (exact) mass is 484 g/mol. The second-order valence-electron chi connectivity index (χ2n) is 8.69. The molecular formula is C24H32N6O5. The molecule has 1 amide bonds. The first-order valence-electron chi connectivity index (χ1n) is 11.5. The summed E-state index contributed by atoms with van der Waals surface area (Å²) in [4.78, 5) is 24.4. The fraction of sp³-hybridized carbons (Fsp3) is 0.458. The number of hydrogen-bond donors (Lipinski definition) is 4. The Kier molecular flexibility index (Phi) is 8.36. The summed E-state index contributed by atoms with van der Waals surface area (Å²) in [6, 6.07) is 5.71. The number of benzene rings is 1. The van der Waals surface area contributed by atoms with Gasteiger partial charge in [0, 0.05) is 23.7 Å². The molecule has 0 saturated carbocycles. The van der Waals surface area contributed by atoms with E-state index in [2.05, 4.69) is 25.4 Å². The predicted octanol–water partition coefficient (Wildman–Crippen LogP) is 2.17. The highest BCUT2D eigenvalue weighted by Crippen LogP contribution is 2.31. The molecule has 3 rings (SSSR count). The lowest BCUT2D eigenvalue weighted by Gasteiger charge is -2.18. The van der Waals surface area contributed by atoms with E-state index in [0.29, 0.717) is 35.5 Å². The summed E-state index contributed by atoms with van der Waals surface area (Å²) >= 11 is 0. The van der Waals surface area contributed by atoms with Crippen LogP contribution in [0.15, 0.2) is 22.7 Å². The minimum Gasteiger partial charge on any atom is -0.490 e. The van der Waals surface area contributed by atoms with Crippen molar-refractivity contribution in [1.82, 2.24) is 20.1 Å². The summed E-state index contributed by atoms with van der Waals surface area (Å²) in [5, 5.41) is 26.9. The molecule has 1 unspecified atom stereocenters. The van der Waals surface area contributed by atoms with E-state index in [0.717, 1.165) is 22.4 Å². The summed E-state index contributed by atoms with van der Waals surface area (Å²) in [5.74, 6) is 0.910. The highest BCUT2D eigenvalue weighted by Gasteiger charge is 2.20. The van der Waals surface area contributed by atoms with Crippen LogP contribution in [0.4, 0.5) is 5.95 Å². The molecule has 2 aromatic heterocycles. The molecule has 0 aliphatic heterocycles. The number of aliphatic hydroxyl groups excluding tert-OH is 2. The number of aromatic nitrogens is 4. The molecule has 11 heteroatoms. The van der Waals surface area contributed by atoms with Crippen LogP contribution in [0.25, 0.3) is 23.0 Å². The van der Waals surface area contributed by atoms with E-state index >= 15 is 0 Å². The Balaban J connectivity index is 1.81. The highest BCUT2D eigenvalue weighted by molar-refractivity contribution is 5.78. The molecule has 5 N–H and O–H groups in total. The van der Waals surface area contributed by atoms with Crippen LogP contribution < -0.4 is 15.8 Å². The largest absolute Gasteiger partial charge is 0.490 e. The maximum Gasteiger partial charge on any atom is 0.258 e. The Labute approximate surface area is 203 Å². The van der Waals surface area contributed by atoms with Crippen molar-refractivity contribution in [3.05, 3.63) is 35.0 Å². The predicted molar refractivity (Wildman–Crippen MR) is 130 cm³/mol. The number of ether oxygens (including phenoxy) is 1. The highest BCUT2D eigenvalue weighted by atomic mass is 16.5. The molecule has 0 aliphatic carbocycles. The number of carbonyl (C=O) groups is 1. The summed E-state index contributed by atoms with van der Waals surface area (Å²) in [5.41, 5.74) is 8.77. The average molecular weight is 485 g/mol. The molecule has 0 fully saturated rings. The third-order valence-electron chi connectivity index (χ3n) is 5.15. The Morgan fingerprint density at radius 2 is 1.91 bits per heavy atom. The molecule has 0 aliphatic rings. The van der Waals surface area contributed by atoms with Crippen LogP contribution in [0.3, 0.4) is 0 Å². The first-order chi connectivity index (χ1) is 16.6. The minimum absolute atomic E-state index is 0.0952. The third kappa shape index (κ3) is 6.74. The van der Waals surface area contributed by atoms with Gasteiger partial charge in [-0.15, -0.1) is 0 Å². The fourth-order valence-electron chi connectivity index (χ4n) is 3.51. The summed E-state index contributed by atoms with van der Waals surface area (Å²) in [6.07, 6.45) is -2.02. The molecule has 0 radical (unpaired) electrons. The van der Waals surface area contributed by atoms with Crippen molar-refractivity contribution in [2.75, 3.05) is 11.9 Å². The van der Waals surface area contributed by atoms with Crippen LogP contribution in [0.1, 0.15) is 44.0 Å². The van der Waals surface area contributed by atoms with Crippen molar-refractivity contribution in [2.45, 2.75) is 65.7 Å². The zero-order valence-electron chi connectivity index (χ0n) is 20.6. The molecule has 1 aromatic carbocycles. The number of carbonyl (C=O) groups excluding carboxylic acids is 1. The van der Waals surface area contributed by atoms with Crippen LogP contribution in [0.5, 0.6) is 5.75 Å². The molecule has 188 valence electrons. The standard InChI is InChI=1S/C24H32N6O5/c1-6-15-9-16(7-13(4)20(15)34-11-17(31)10-19(32)21(25)33)23-29-22(30-35-23)18-8-14(5)27-24(28-18)26-12(2)3/h7-9,12,17,19,31-32H,6,10-11H2,1-5H3,(H2,25,33)(H,26,27,28)/t17-,19?/m0/s1. The number of primary amides is 1. The van der Waals surface area contributed by atoms with E-state index in [9.17, 15) is 15.0 Å². The van der Waals surface area contributed by atoms with Gasteiger partial charge in [0.25, 0.3) is 5.89 Å². The van der Waals surface area contributed by atoms with E-state index in [1.165, 1.54) is 0 Å². The summed E-state index contributed by atoms with van der Waals surface area (Å²) in [6.45, 7) is 9.64. The molecule has 3 aromatic rings. The van der Waals surface area contributed by atoms with Crippen molar-refractivity contribution in [3.63, 3.8) is 0 Å². The number of aryl methyl sites for hydroxylation is 3. The number of rotatable bonds is 11. The van der Waals surface area contributed by atoms with Crippen molar-refractivity contribution < 1.29 is 24.3 Å². The van der Waals surface area contributed by atoms with Crippen molar-refractivity contribution >= 4 is 11.9 Å². The molecule has 11 nitrogen and oxygen atoms in total. The van der Waals surface area contributed by atoms with Gasteiger partial charge in [0.05, 0.1) is 6.10 Å². The normalized spacial score (nSPS) is 13.0. The van der Waals surface area contributed by atoms with Crippen molar-refractivity contribution in [2.24, 2.45) is 5.73 Å². The van der Waals surface area contributed by atoms with Crippen LogP contribution >= 0.6 is 0 Å². The quantitative estimate of drug-likeness (QED) is 0.316. The van der Waals surface area contributed by atoms with Gasteiger partial charge in [-0.2, -0.15) is 4.98 Å². The lowest BCUT2D eigenvalue weighted by Crippen LogP contribution is -2.33. The number of anilines is 1. The van der Waals surface area contributed by atoms with Gasteiger partial charge < -0.3 is 30.5 Å². The summed E-state index contributed by atoms with van der Waals surface area (Å²) in [7, 11) is 0. The first kappa shape index (κ1) is 26.0. The van der Waals surface area contributed by atoms with Gasteiger partial charge in [0.15, 0.2) is 0 Å². The second-order valence-corrected chi connectivity index (χ2v) is 8.69. The third-order valence-corrected chi connectivity index (χ3v) is 5.15. The van der Waals surface area contributed by atoms with E-state index < -0.39 is 18.1 Å². The van der Waals surface area contributed by atoms with E-state index in [-0.39, 0.29) is 19.1 Å². The van der Waals surface area contributed by atoms with Crippen LogP contribution in [-0.4, -0.2) is 61.1 Å². The van der Waals surface area contributed by atoms with Gasteiger partial charge in [-0.1, -0.05) is 12.1 Å². The van der Waals surface area contributed by atoms with Crippen LogP contribution in [0, 0.1) is 13.8 Å². The molecule has 0 spiro atoms. The maximum absolute atomic E-state index is 11.0. The average Bonchev–Trinajstić information content (AvgIpc) is 3.27. The lowest BCUT2D eigenvalue weighted by molar-refractivity contribution is -0.127. The van der Waals surface area contributed by atoms with E-state index in [4.69, 9.17) is 15.0 Å². The van der Waals surface area contributed by atoms with E-state index in [1.54, 1.807) is 6.07 Å². The number of nitrogens with two attached hydrogens (primary N) is 1. The smallest absolute Gasteiger partial charge is 0.258 e. The van der Waals surface area contributed by atoms with Gasteiger partial charge in [-0.25, -0.2) is 9.97 Å². The lowest BCUT2D eigenvalue weighted by atomic mass is 10.0. The van der Waals surface area contributed by atoms with Gasteiger partial charge in [-0.3, -0.25) is 4.79 Å². The van der Waals surface area contributed by atoms with Gasteiger partial charge in [-0.05, 0) is 63.4 Å². The number of nitrogens with one attached hydrogen (secondary N) is 1. The number of aliphatic hydroxyl groups is 2. The maximum atomic E-state index is 11.0. The summed E-state index contributed by atoms with van der Waals surface area (Å²) < 4.78 is 11.4. The number of amides is 1. The number of hydrogen-bond acceptors (Lipinski definition) is 10. The topological polar surface area (TPSA) is 170 Å². The Morgan fingerprint density at radius 3 is 2.57 bits per heavy atom. The molecule has 0 saturated heterocycles. The Bertz CT molecular complexity index is 1180. The van der Waals surface area contributed by atoms with E-state index in [1.807, 2.05) is 46.8 Å². The van der Waals surface area contributed by atoms with Gasteiger partial charge >= 0.3 is 0 Å². The van der Waals surface area contributed by atoms with Crippen molar-refractivity contribution in [1.29, 1.82) is 0 Å². The van der Waals surface area contributed by atoms with Crippen molar-refractivity contribution in [3.8, 4) is 28.7 Å². The SMILES string of the molecule is CCc1cc(-c2nc(-c3cc(C)nc(NC(C)C)n3)no2)cc(C)c1OC[C@@H](O)CC(O)C(N)=O. The minimum atomic E-state index is -1.43. The molecule has 35 heavy (non-hydrogen) atoms. The second kappa shape index (κ2) is 11.2. The van der Waals surface area contributed by atoms with Gasteiger partial charge in [0.1, 0.15) is 24.2 Å². The first-order valence-corrected chi connectivity index (χ1v) is 11.5. The molecular weight excluding hydrogens is 452 g/mol. The Hall–Kier alpha value is -3.57. The Morgan fingerprint density at radius 1 is 1.17 bits per heavy atom. The van der Waals surface area contributed by atoms with Gasteiger partial charge in [0.2, 0.25) is 17.7 Å². The zero-order chi connectivity index (χ0) is 25.7. The van der Waals surface area contributed by atoms with Crippen LogP contribution in [0.2, 0.25) is 0 Å². The molecule has 2 atom stereocenters. The molecule has 2 heterocycles. The number of nitrogens with zero attached hydrogens (tertiary/aromatic N) is 4. The molecule has 0 bridgehead atoms. The van der Waals surface area contributed by atoms with Crippen LogP contribution in [-0.2, 0) is 11.2 Å². The fourth-order valence-corrected chi connectivity index (χ4v) is 3.51. The zero-order valence-corrected chi connectivity index (χ0v) is 20.6.